The predicted octanol–water partition coefficient (Wildman–Crippen LogP) is 3.34. The number of aromatic nitrogens is 1. The van der Waals surface area contributed by atoms with Crippen molar-refractivity contribution in [2.24, 2.45) is 0 Å². The van der Waals surface area contributed by atoms with Crippen molar-refractivity contribution in [1.29, 1.82) is 0 Å². The largest absolute Gasteiger partial charge is 0.336 e. The van der Waals surface area contributed by atoms with Gasteiger partial charge in [-0.25, -0.2) is 4.79 Å². The van der Waals surface area contributed by atoms with Crippen LogP contribution < -0.4 is 10.6 Å². The molecule has 6 heteroatoms. The molecule has 0 spiro atoms. The molecule has 24 heavy (non-hydrogen) atoms. The molecule has 2 aromatic rings. The number of pyridine rings is 1. The van der Waals surface area contributed by atoms with Crippen LogP contribution in [0.15, 0.2) is 42.0 Å². The number of rotatable bonds is 6. The summed E-state index contributed by atoms with van der Waals surface area (Å²) >= 11 is 1.76. The average molecular weight is 344 g/mol. The van der Waals surface area contributed by atoms with E-state index in [4.69, 9.17) is 0 Å². The lowest BCUT2D eigenvalue weighted by Gasteiger charge is -2.27. The maximum Gasteiger partial charge on any atom is 0.315 e. The number of nitrogens with zero attached hydrogens (tertiary/aromatic N) is 2. The molecule has 2 amide bonds. The van der Waals surface area contributed by atoms with Gasteiger partial charge in [0, 0.05) is 23.8 Å². The van der Waals surface area contributed by atoms with Crippen molar-refractivity contribution >= 4 is 17.4 Å². The van der Waals surface area contributed by atoms with Crippen molar-refractivity contribution in [1.82, 2.24) is 20.5 Å². The molecule has 0 bridgehead atoms. The fourth-order valence-corrected chi connectivity index (χ4v) is 3.98. The normalized spacial score (nSPS) is 17.4. The van der Waals surface area contributed by atoms with Gasteiger partial charge in [-0.05, 0) is 62.0 Å². The highest BCUT2D eigenvalue weighted by molar-refractivity contribution is 7.10. The van der Waals surface area contributed by atoms with Gasteiger partial charge in [-0.1, -0.05) is 6.07 Å². The van der Waals surface area contributed by atoms with Crippen LogP contribution in [0, 0.1) is 0 Å². The van der Waals surface area contributed by atoms with Crippen LogP contribution >= 0.6 is 11.3 Å². The van der Waals surface area contributed by atoms with Gasteiger partial charge >= 0.3 is 6.03 Å². The summed E-state index contributed by atoms with van der Waals surface area (Å²) in [6, 6.07) is 8.18. The zero-order chi connectivity index (χ0) is 16.8. The molecule has 128 valence electrons. The van der Waals surface area contributed by atoms with E-state index in [1.165, 1.54) is 17.7 Å². The molecule has 1 aliphatic heterocycles. The number of carbonyl (C=O) groups is 1. The number of hydrogen-bond donors (Lipinski definition) is 2. The Morgan fingerprint density at radius 2 is 2.04 bits per heavy atom. The second-order valence-corrected chi connectivity index (χ2v) is 7.11. The van der Waals surface area contributed by atoms with Crippen LogP contribution in [0.3, 0.4) is 0 Å². The molecule has 0 aliphatic carbocycles. The lowest BCUT2D eigenvalue weighted by molar-refractivity contribution is 0.220. The quantitative estimate of drug-likeness (QED) is 0.845. The van der Waals surface area contributed by atoms with E-state index in [-0.39, 0.29) is 18.1 Å². The maximum atomic E-state index is 12.3. The number of carbonyl (C=O) groups excluding carboxylic acids is 1. The van der Waals surface area contributed by atoms with Gasteiger partial charge in [-0.3, -0.25) is 9.88 Å². The maximum absolute atomic E-state index is 12.3. The number of nitrogens with one attached hydrogen (secondary N) is 2. The lowest BCUT2D eigenvalue weighted by Crippen LogP contribution is -2.42. The first-order chi connectivity index (χ1) is 11.7. The monoisotopic (exact) mass is 344 g/mol. The smallest absolute Gasteiger partial charge is 0.315 e. The van der Waals surface area contributed by atoms with Gasteiger partial charge in [0.2, 0.25) is 0 Å². The number of urea groups is 1. The fourth-order valence-electron chi connectivity index (χ4n) is 3.12. The van der Waals surface area contributed by atoms with E-state index in [2.05, 4.69) is 38.0 Å². The second-order valence-electron chi connectivity index (χ2n) is 6.13. The summed E-state index contributed by atoms with van der Waals surface area (Å²) in [7, 11) is 0. The third kappa shape index (κ3) is 4.33. The molecule has 3 rings (SSSR count). The fraction of sp³-hybridized carbons (Fsp3) is 0.444. The minimum absolute atomic E-state index is 0.0417. The Bertz CT molecular complexity index is 626. The molecule has 0 aromatic carbocycles. The molecule has 3 heterocycles. The van der Waals surface area contributed by atoms with Gasteiger partial charge in [-0.2, -0.15) is 0 Å². The SMILES string of the molecule is C[C@H](NC(=O)NC[C@@H](c1cccs1)N1CCCC1)c1ccncc1. The van der Waals surface area contributed by atoms with E-state index in [0.29, 0.717) is 6.54 Å². The lowest BCUT2D eigenvalue weighted by atomic mass is 10.1. The first-order valence-electron chi connectivity index (χ1n) is 8.46. The van der Waals surface area contributed by atoms with Gasteiger partial charge in [0.05, 0.1) is 12.1 Å². The molecule has 2 atom stereocenters. The van der Waals surface area contributed by atoms with Crippen molar-refractivity contribution in [2.45, 2.75) is 31.8 Å². The van der Waals surface area contributed by atoms with Gasteiger partial charge in [-0.15, -0.1) is 11.3 Å². The summed E-state index contributed by atoms with van der Waals surface area (Å²) in [5.41, 5.74) is 1.05. The Hall–Kier alpha value is -1.92. The van der Waals surface area contributed by atoms with Gasteiger partial charge in [0.15, 0.2) is 0 Å². The summed E-state index contributed by atoms with van der Waals surface area (Å²) < 4.78 is 0. The number of thiophene rings is 1. The number of hydrogen-bond acceptors (Lipinski definition) is 4. The van der Waals surface area contributed by atoms with Gasteiger partial charge in [0.25, 0.3) is 0 Å². The molecule has 2 aromatic heterocycles. The van der Waals surface area contributed by atoms with Crippen LogP contribution in [0.2, 0.25) is 0 Å². The molecular formula is C18H24N4OS. The van der Waals surface area contributed by atoms with E-state index in [1.807, 2.05) is 19.1 Å². The van der Waals surface area contributed by atoms with Crippen LogP contribution in [-0.4, -0.2) is 35.5 Å². The Labute approximate surface area is 147 Å². The molecule has 1 fully saturated rings. The minimum Gasteiger partial charge on any atom is -0.336 e. The highest BCUT2D eigenvalue weighted by atomic mass is 32.1. The summed E-state index contributed by atoms with van der Waals surface area (Å²) in [5.74, 6) is 0. The minimum atomic E-state index is -0.125. The zero-order valence-corrected chi connectivity index (χ0v) is 14.8. The standard InChI is InChI=1S/C18H24N4OS/c1-14(15-6-8-19-9-7-15)21-18(23)20-13-16(17-5-4-12-24-17)22-10-2-3-11-22/h4-9,12,14,16H,2-3,10-11,13H2,1H3,(H2,20,21,23)/t14-,16-/m0/s1. The van der Waals surface area contributed by atoms with Crippen molar-refractivity contribution < 1.29 is 4.79 Å². The molecule has 0 saturated carbocycles. The van der Waals surface area contributed by atoms with Crippen LogP contribution in [0.1, 0.15) is 42.3 Å². The van der Waals surface area contributed by atoms with E-state index in [1.54, 1.807) is 23.7 Å². The van der Waals surface area contributed by atoms with E-state index < -0.39 is 0 Å². The van der Waals surface area contributed by atoms with Crippen molar-refractivity contribution in [2.75, 3.05) is 19.6 Å². The van der Waals surface area contributed by atoms with E-state index in [9.17, 15) is 4.79 Å². The molecule has 1 aliphatic rings. The van der Waals surface area contributed by atoms with Crippen molar-refractivity contribution in [3.8, 4) is 0 Å². The van der Waals surface area contributed by atoms with Crippen LogP contribution in [0.5, 0.6) is 0 Å². The summed E-state index contributed by atoms with van der Waals surface area (Å²) in [5, 5.41) is 8.14. The van der Waals surface area contributed by atoms with Crippen molar-refractivity contribution in [3.63, 3.8) is 0 Å². The second kappa shape index (κ2) is 8.26. The summed E-state index contributed by atoms with van der Waals surface area (Å²) in [6.07, 6.45) is 5.97. The zero-order valence-electron chi connectivity index (χ0n) is 13.9. The van der Waals surface area contributed by atoms with Crippen LogP contribution in [-0.2, 0) is 0 Å². The van der Waals surface area contributed by atoms with E-state index in [0.717, 1.165) is 18.7 Å². The molecular weight excluding hydrogens is 320 g/mol. The first-order valence-corrected chi connectivity index (χ1v) is 9.34. The van der Waals surface area contributed by atoms with Crippen LogP contribution in [0.25, 0.3) is 0 Å². The highest BCUT2D eigenvalue weighted by Crippen LogP contribution is 2.27. The first kappa shape index (κ1) is 16.9. The highest BCUT2D eigenvalue weighted by Gasteiger charge is 2.24. The number of likely N-dealkylation sites (tertiary alicyclic amines) is 1. The third-order valence-electron chi connectivity index (χ3n) is 4.46. The molecule has 5 nitrogen and oxygen atoms in total. The van der Waals surface area contributed by atoms with Crippen LogP contribution in [0.4, 0.5) is 4.79 Å². The Morgan fingerprint density at radius 3 is 2.71 bits per heavy atom. The molecule has 0 radical (unpaired) electrons. The Morgan fingerprint density at radius 1 is 1.29 bits per heavy atom. The van der Waals surface area contributed by atoms with Gasteiger partial charge in [0.1, 0.15) is 0 Å². The molecule has 2 N–H and O–H groups in total. The topological polar surface area (TPSA) is 57.3 Å². The summed E-state index contributed by atoms with van der Waals surface area (Å²) in [4.78, 5) is 20.1. The van der Waals surface area contributed by atoms with Crippen molar-refractivity contribution in [3.05, 3.63) is 52.5 Å². The summed E-state index contributed by atoms with van der Waals surface area (Å²) in [6.45, 7) is 4.83. The molecule has 1 saturated heterocycles. The average Bonchev–Trinajstić information content (AvgIpc) is 3.30. The molecule has 0 unspecified atom stereocenters. The van der Waals surface area contributed by atoms with Gasteiger partial charge < -0.3 is 10.6 Å². The number of amides is 2. The van der Waals surface area contributed by atoms with E-state index >= 15 is 0 Å². The Balaban J connectivity index is 1.55. The predicted molar refractivity (Wildman–Crippen MR) is 97.1 cm³/mol. The Kier molecular flexibility index (Phi) is 5.82. The third-order valence-corrected chi connectivity index (χ3v) is 5.44.